The minimum absolute atomic E-state index is 0.785. The van der Waals surface area contributed by atoms with E-state index in [0.717, 1.165) is 47.4 Å². The van der Waals surface area contributed by atoms with Crippen LogP contribution < -0.4 is 4.74 Å². The van der Waals surface area contributed by atoms with E-state index in [2.05, 4.69) is 18.7 Å². The van der Waals surface area contributed by atoms with E-state index in [1.807, 2.05) is 19.1 Å². The average Bonchev–Trinajstić information content (AvgIpc) is 2.43. The summed E-state index contributed by atoms with van der Waals surface area (Å²) in [5, 5.41) is 0.817. The van der Waals surface area contributed by atoms with Crippen molar-refractivity contribution in [1.82, 2.24) is 4.90 Å². The third-order valence-corrected chi connectivity index (χ3v) is 4.70. The maximum absolute atomic E-state index is 6.10. The summed E-state index contributed by atoms with van der Waals surface area (Å²) in [6.45, 7) is 10.9. The van der Waals surface area contributed by atoms with E-state index in [1.54, 1.807) is 0 Å². The lowest BCUT2D eigenvalue weighted by Gasteiger charge is -2.30. The van der Waals surface area contributed by atoms with Crippen molar-refractivity contribution in [2.45, 2.75) is 40.0 Å². The fourth-order valence-electron chi connectivity index (χ4n) is 2.88. The summed E-state index contributed by atoms with van der Waals surface area (Å²) in [4.78, 5) is 2.57. The van der Waals surface area contributed by atoms with Crippen LogP contribution in [0.5, 0.6) is 5.75 Å². The van der Waals surface area contributed by atoms with Gasteiger partial charge in [-0.05, 0) is 68.8 Å². The number of hydrogen-bond donors (Lipinski definition) is 0. The number of hydrogen-bond acceptors (Lipinski definition) is 2. The molecule has 1 atom stereocenters. The van der Waals surface area contributed by atoms with Gasteiger partial charge in [-0.1, -0.05) is 18.5 Å². The summed E-state index contributed by atoms with van der Waals surface area (Å²) >= 11 is 6.10. The molecule has 1 aromatic rings. The van der Waals surface area contributed by atoms with Gasteiger partial charge in [0, 0.05) is 18.1 Å². The van der Waals surface area contributed by atoms with Crippen LogP contribution in [0.15, 0.2) is 12.1 Å². The molecule has 1 heterocycles. The third-order valence-electron chi connectivity index (χ3n) is 4.29. The fourth-order valence-corrected chi connectivity index (χ4v) is 3.08. The zero-order chi connectivity index (χ0) is 14.5. The second-order valence-corrected chi connectivity index (χ2v) is 6.45. The molecule has 0 aliphatic carbocycles. The molecule has 0 amide bonds. The van der Waals surface area contributed by atoms with Crippen LogP contribution in [0.25, 0.3) is 0 Å². The summed E-state index contributed by atoms with van der Waals surface area (Å²) in [6.07, 6.45) is 3.82. The predicted molar refractivity (Wildman–Crippen MR) is 85.9 cm³/mol. The molecule has 0 unspecified atom stereocenters. The molecule has 0 saturated carbocycles. The second-order valence-electron chi connectivity index (χ2n) is 6.05. The van der Waals surface area contributed by atoms with Gasteiger partial charge in [0.15, 0.2) is 0 Å². The summed E-state index contributed by atoms with van der Waals surface area (Å²) in [6, 6.07) is 3.90. The normalized spacial score (nSPS) is 20.1. The standard InChI is InChI=1S/C17H26ClNO/c1-13-6-4-9-19(12-13)10-5-11-20-17-8-7-16(18)14(2)15(17)3/h7-8,13H,4-6,9-12H2,1-3H3/t13-/m1/s1. The van der Waals surface area contributed by atoms with E-state index in [0.29, 0.717) is 0 Å². The molecule has 3 heteroatoms. The highest BCUT2D eigenvalue weighted by Crippen LogP contribution is 2.27. The average molecular weight is 296 g/mol. The highest BCUT2D eigenvalue weighted by Gasteiger charge is 2.15. The Hall–Kier alpha value is -0.730. The minimum atomic E-state index is 0.785. The van der Waals surface area contributed by atoms with Gasteiger partial charge in [-0.3, -0.25) is 0 Å². The maximum atomic E-state index is 6.10. The van der Waals surface area contributed by atoms with Crippen molar-refractivity contribution in [3.05, 3.63) is 28.3 Å². The Morgan fingerprint density at radius 2 is 2.10 bits per heavy atom. The monoisotopic (exact) mass is 295 g/mol. The molecular formula is C17H26ClNO. The number of halogens is 1. The quantitative estimate of drug-likeness (QED) is 0.744. The van der Waals surface area contributed by atoms with E-state index in [9.17, 15) is 0 Å². The van der Waals surface area contributed by atoms with Crippen LogP contribution >= 0.6 is 11.6 Å². The van der Waals surface area contributed by atoms with Crippen LogP contribution in [-0.2, 0) is 0 Å². The Labute approximate surface area is 128 Å². The van der Waals surface area contributed by atoms with Crippen molar-refractivity contribution in [3.8, 4) is 5.75 Å². The minimum Gasteiger partial charge on any atom is -0.493 e. The van der Waals surface area contributed by atoms with Gasteiger partial charge in [-0.25, -0.2) is 0 Å². The molecule has 0 aromatic heterocycles. The first kappa shape index (κ1) is 15.7. The van der Waals surface area contributed by atoms with Crippen molar-refractivity contribution < 1.29 is 4.74 Å². The molecule has 0 bridgehead atoms. The van der Waals surface area contributed by atoms with Crippen molar-refractivity contribution >= 4 is 11.6 Å². The molecular weight excluding hydrogens is 270 g/mol. The summed E-state index contributed by atoms with van der Waals surface area (Å²) in [7, 11) is 0. The molecule has 1 saturated heterocycles. The number of ether oxygens (including phenoxy) is 1. The maximum Gasteiger partial charge on any atom is 0.122 e. The first-order valence-corrected chi connectivity index (χ1v) is 8.06. The van der Waals surface area contributed by atoms with Crippen LogP contribution in [0.1, 0.15) is 37.3 Å². The Morgan fingerprint density at radius 1 is 1.30 bits per heavy atom. The molecule has 1 fully saturated rings. The highest BCUT2D eigenvalue weighted by molar-refractivity contribution is 6.31. The molecule has 2 rings (SSSR count). The number of likely N-dealkylation sites (tertiary alicyclic amines) is 1. The zero-order valence-corrected chi connectivity index (χ0v) is 13.7. The first-order chi connectivity index (χ1) is 9.58. The van der Waals surface area contributed by atoms with E-state index in [4.69, 9.17) is 16.3 Å². The van der Waals surface area contributed by atoms with Crippen LogP contribution in [0.3, 0.4) is 0 Å². The molecule has 0 spiro atoms. The van der Waals surface area contributed by atoms with Crippen LogP contribution in [0.2, 0.25) is 5.02 Å². The Bertz CT molecular complexity index is 447. The second kappa shape index (κ2) is 7.33. The summed E-state index contributed by atoms with van der Waals surface area (Å²) in [5.41, 5.74) is 2.28. The number of piperidine rings is 1. The van der Waals surface area contributed by atoms with Gasteiger partial charge in [0.05, 0.1) is 6.61 Å². The van der Waals surface area contributed by atoms with Crippen LogP contribution in [0.4, 0.5) is 0 Å². The van der Waals surface area contributed by atoms with Gasteiger partial charge in [-0.2, -0.15) is 0 Å². The lowest BCUT2D eigenvalue weighted by Crippen LogP contribution is -2.35. The van der Waals surface area contributed by atoms with Crippen molar-refractivity contribution in [2.24, 2.45) is 5.92 Å². The van der Waals surface area contributed by atoms with E-state index in [-0.39, 0.29) is 0 Å². The Kier molecular flexibility index (Phi) is 5.74. The van der Waals surface area contributed by atoms with Crippen LogP contribution in [0, 0.1) is 19.8 Å². The van der Waals surface area contributed by atoms with Gasteiger partial charge < -0.3 is 9.64 Å². The van der Waals surface area contributed by atoms with E-state index in [1.165, 1.54) is 25.9 Å². The summed E-state index contributed by atoms with van der Waals surface area (Å²) in [5.74, 6) is 1.82. The summed E-state index contributed by atoms with van der Waals surface area (Å²) < 4.78 is 5.91. The molecule has 112 valence electrons. The number of rotatable bonds is 5. The van der Waals surface area contributed by atoms with Crippen molar-refractivity contribution in [3.63, 3.8) is 0 Å². The lowest BCUT2D eigenvalue weighted by molar-refractivity contribution is 0.170. The largest absolute Gasteiger partial charge is 0.493 e. The highest BCUT2D eigenvalue weighted by atomic mass is 35.5. The first-order valence-electron chi connectivity index (χ1n) is 7.68. The SMILES string of the molecule is Cc1c(Cl)ccc(OCCCN2CCC[C@@H](C)C2)c1C. The van der Waals surface area contributed by atoms with Gasteiger partial charge in [0.1, 0.15) is 5.75 Å². The predicted octanol–water partition coefficient (Wildman–Crippen LogP) is 4.46. The van der Waals surface area contributed by atoms with E-state index >= 15 is 0 Å². The molecule has 20 heavy (non-hydrogen) atoms. The third kappa shape index (κ3) is 4.13. The number of nitrogens with zero attached hydrogens (tertiary/aromatic N) is 1. The Morgan fingerprint density at radius 3 is 2.85 bits per heavy atom. The molecule has 1 aliphatic heterocycles. The molecule has 1 aromatic carbocycles. The van der Waals surface area contributed by atoms with E-state index < -0.39 is 0 Å². The topological polar surface area (TPSA) is 12.5 Å². The fraction of sp³-hybridized carbons (Fsp3) is 0.647. The Balaban J connectivity index is 1.75. The molecule has 1 aliphatic rings. The molecule has 0 radical (unpaired) electrons. The van der Waals surface area contributed by atoms with Gasteiger partial charge >= 0.3 is 0 Å². The lowest BCUT2D eigenvalue weighted by atomic mass is 10.0. The number of benzene rings is 1. The van der Waals surface area contributed by atoms with Gasteiger partial charge in [0.25, 0.3) is 0 Å². The molecule has 0 N–H and O–H groups in total. The smallest absolute Gasteiger partial charge is 0.122 e. The van der Waals surface area contributed by atoms with Crippen LogP contribution in [-0.4, -0.2) is 31.1 Å². The van der Waals surface area contributed by atoms with Gasteiger partial charge in [0.2, 0.25) is 0 Å². The molecule has 2 nitrogen and oxygen atoms in total. The zero-order valence-electron chi connectivity index (χ0n) is 12.9. The van der Waals surface area contributed by atoms with Crippen molar-refractivity contribution in [1.29, 1.82) is 0 Å². The van der Waals surface area contributed by atoms with Crippen molar-refractivity contribution in [2.75, 3.05) is 26.2 Å². The van der Waals surface area contributed by atoms with Gasteiger partial charge in [-0.15, -0.1) is 0 Å².